The minimum Gasteiger partial charge on any atom is -0.0616 e. The summed E-state index contributed by atoms with van der Waals surface area (Å²) in [6.07, 6.45) is 3.46. The molecule has 0 radical (unpaired) electrons. The second-order valence-electron chi connectivity index (χ2n) is 9.71. The minimum absolute atomic E-state index is 0.436. The molecule has 164 valence electrons. The number of hydrogen-bond donors (Lipinski definition) is 0. The predicted molar refractivity (Wildman–Crippen MR) is 140 cm³/mol. The van der Waals surface area contributed by atoms with Crippen LogP contribution in [-0.4, -0.2) is 0 Å². The van der Waals surface area contributed by atoms with Crippen molar-refractivity contribution in [3.63, 3.8) is 0 Å². The van der Waals surface area contributed by atoms with Crippen LogP contribution in [0.15, 0.2) is 66.7 Å². The molecule has 0 nitrogen and oxygen atoms in total. The van der Waals surface area contributed by atoms with Crippen molar-refractivity contribution in [2.75, 3.05) is 0 Å². The van der Waals surface area contributed by atoms with Gasteiger partial charge in [-0.05, 0) is 111 Å². The Bertz CT molecular complexity index is 1150. The van der Waals surface area contributed by atoms with Gasteiger partial charge in [-0.2, -0.15) is 0 Å². The van der Waals surface area contributed by atoms with Crippen LogP contribution in [0.25, 0.3) is 10.8 Å². The van der Waals surface area contributed by atoms with Gasteiger partial charge in [-0.1, -0.05) is 77.9 Å². The standard InChI is InChI=1S/C32H36/c1-21-17-23(3)31(24(4)18-21)30(32-25(5)19-22(2)20-26(32)6)16-10-14-28-13-9-12-27-11-7-8-15-29(27)28/h7-9,11-13,15,17-20,30H,10,14,16H2,1-6H3. The molecule has 4 aromatic carbocycles. The van der Waals surface area contributed by atoms with Crippen molar-refractivity contribution in [2.45, 2.75) is 66.7 Å². The van der Waals surface area contributed by atoms with Crippen LogP contribution in [0, 0.1) is 41.5 Å². The van der Waals surface area contributed by atoms with E-state index in [2.05, 4.69) is 108 Å². The van der Waals surface area contributed by atoms with Gasteiger partial charge < -0.3 is 0 Å². The summed E-state index contributed by atoms with van der Waals surface area (Å²) in [5.41, 5.74) is 13.0. The maximum Gasteiger partial charge on any atom is 0.00999 e. The molecule has 0 aliphatic rings. The Hall–Kier alpha value is -2.86. The van der Waals surface area contributed by atoms with Crippen molar-refractivity contribution in [3.05, 3.63) is 117 Å². The first-order valence-corrected chi connectivity index (χ1v) is 12.0. The van der Waals surface area contributed by atoms with E-state index in [1.807, 2.05) is 0 Å². The Balaban J connectivity index is 1.71. The molecule has 0 N–H and O–H groups in total. The van der Waals surface area contributed by atoms with Crippen LogP contribution in [-0.2, 0) is 6.42 Å². The van der Waals surface area contributed by atoms with Crippen LogP contribution in [0.5, 0.6) is 0 Å². The van der Waals surface area contributed by atoms with E-state index in [1.54, 1.807) is 0 Å². The SMILES string of the molecule is Cc1cc(C)c(C(CCCc2cccc3ccccc23)c2c(C)cc(C)cc2C)c(C)c1. The average Bonchev–Trinajstić information content (AvgIpc) is 2.72. The lowest BCUT2D eigenvalue weighted by Gasteiger charge is -2.27. The second kappa shape index (κ2) is 9.33. The lowest BCUT2D eigenvalue weighted by atomic mass is 9.78. The van der Waals surface area contributed by atoms with Gasteiger partial charge in [0, 0.05) is 5.92 Å². The minimum atomic E-state index is 0.436. The number of benzene rings is 4. The summed E-state index contributed by atoms with van der Waals surface area (Å²) in [4.78, 5) is 0. The summed E-state index contributed by atoms with van der Waals surface area (Å²) in [6, 6.07) is 25.0. The lowest BCUT2D eigenvalue weighted by molar-refractivity contribution is 0.651. The molecule has 0 fully saturated rings. The maximum absolute atomic E-state index is 2.36. The zero-order valence-corrected chi connectivity index (χ0v) is 20.5. The molecule has 0 aliphatic carbocycles. The van der Waals surface area contributed by atoms with E-state index in [4.69, 9.17) is 0 Å². The van der Waals surface area contributed by atoms with Gasteiger partial charge in [-0.3, -0.25) is 0 Å². The second-order valence-corrected chi connectivity index (χ2v) is 9.71. The van der Waals surface area contributed by atoms with Gasteiger partial charge in [-0.15, -0.1) is 0 Å². The fourth-order valence-corrected chi connectivity index (χ4v) is 5.92. The van der Waals surface area contributed by atoms with Gasteiger partial charge in [0.15, 0.2) is 0 Å². The van der Waals surface area contributed by atoms with Gasteiger partial charge in [0.2, 0.25) is 0 Å². The summed E-state index contributed by atoms with van der Waals surface area (Å²) in [5, 5.41) is 2.74. The van der Waals surface area contributed by atoms with Crippen molar-refractivity contribution >= 4 is 10.8 Å². The molecule has 0 heteroatoms. The Labute approximate surface area is 194 Å². The molecule has 0 heterocycles. The molecule has 0 atom stereocenters. The van der Waals surface area contributed by atoms with Crippen LogP contribution >= 0.6 is 0 Å². The van der Waals surface area contributed by atoms with Crippen LogP contribution in [0.4, 0.5) is 0 Å². The molecule has 0 saturated heterocycles. The van der Waals surface area contributed by atoms with Crippen LogP contribution in [0.3, 0.4) is 0 Å². The summed E-state index contributed by atoms with van der Waals surface area (Å²) in [7, 11) is 0. The van der Waals surface area contributed by atoms with Crippen LogP contribution in [0.2, 0.25) is 0 Å². The van der Waals surface area contributed by atoms with Crippen molar-refractivity contribution < 1.29 is 0 Å². The number of aryl methyl sites for hydroxylation is 7. The average molecular weight is 421 g/mol. The number of rotatable bonds is 6. The third kappa shape index (κ3) is 4.51. The van der Waals surface area contributed by atoms with Crippen molar-refractivity contribution in [1.82, 2.24) is 0 Å². The highest BCUT2D eigenvalue weighted by atomic mass is 14.3. The quantitative estimate of drug-likeness (QED) is 0.292. The first kappa shape index (κ1) is 22.3. The fraction of sp³-hybridized carbons (Fsp3) is 0.312. The van der Waals surface area contributed by atoms with E-state index in [1.165, 1.54) is 73.7 Å². The van der Waals surface area contributed by atoms with Crippen LogP contribution < -0.4 is 0 Å². The molecular formula is C32H36. The molecule has 4 rings (SSSR count). The topological polar surface area (TPSA) is 0 Å². The Kier molecular flexibility index (Phi) is 6.51. The first-order chi connectivity index (χ1) is 15.3. The van der Waals surface area contributed by atoms with E-state index in [0.717, 1.165) is 6.42 Å². The van der Waals surface area contributed by atoms with Gasteiger partial charge >= 0.3 is 0 Å². The Morgan fingerprint density at radius 2 is 1.09 bits per heavy atom. The summed E-state index contributed by atoms with van der Waals surface area (Å²) in [5.74, 6) is 0.436. The Morgan fingerprint density at radius 1 is 0.594 bits per heavy atom. The molecule has 0 aromatic heterocycles. The van der Waals surface area contributed by atoms with E-state index >= 15 is 0 Å². The summed E-state index contributed by atoms with van der Waals surface area (Å²) >= 11 is 0. The summed E-state index contributed by atoms with van der Waals surface area (Å²) in [6.45, 7) is 13.6. The van der Waals surface area contributed by atoms with Gasteiger partial charge in [0.1, 0.15) is 0 Å². The fourth-order valence-electron chi connectivity index (χ4n) is 5.92. The third-order valence-electron chi connectivity index (χ3n) is 6.99. The molecule has 0 amide bonds. The van der Waals surface area contributed by atoms with Crippen molar-refractivity contribution in [2.24, 2.45) is 0 Å². The third-order valence-corrected chi connectivity index (χ3v) is 6.99. The molecule has 0 bridgehead atoms. The molecular weight excluding hydrogens is 384 g/mol. The normalized spacial score (nSPS) is 11.5. The monoisotopic (exact) mass is 420 g/mol. The van der Waals surface area contributed by atoms with E-state index < -0.39 is 0 Å². The lowest BCUT2D eigenvalue weighted by Crippen LogP contribution is -2.10. The molecule has 0 saturated carbocycles. The van der Waals surface area contributed by atoms with Crippen LogP contribution in [0.1, 0.15) is 68.8 Å². The molecule has 0 aliphatic heterocycles. The number of hydrogen-bond acceptors (Lipinski definition) is 0. The van der Waals surface area contributed by atoms with Gasteiger partial charge in [0.05, 0.1) is 0 Å². The largest absolute Gasteiger partial charge is 0.0616 e. The zero-order valence-electron chi connectivity index (χ0n) is 20.5. The Morgan fingerprint density at radius 3 is 1.66 bits per heavy atom. The molecule has 0 spiro atoms. The van der Waals surface area contributed by atoms with Crippen molar-refractivity contribution in [3.8, 4) is 0 Å². The van der Waals surface area contributed by atoms with E-state index in [0.29, 0.717) is 5.92 Å². The van der Waals surface area contributed by atoms with Gasteiger partial charge in [0.25, 0.3) is 0 Å². The van der Waals surface area contributed by atoms with E-state index in [9.17, 15) is 0 Å². The summed E-state index contributed by atoms with van der Waals surface area (Å²) < 4.78 is 0. The zero-order chi connectivity index (χ0) is 22.8. The van der Waals surface area contributed by atoms with Gasteiger partial charge in [-0.25, -0.2) is 0 Å². The highest BCUT2D eigenvalue weighted by Gasteiger charge is 2.22. The highest BCUT2D eigenvalue weighted by molar-refractivity contribution is 5.85. The molecule has 32 heavy (non-hydrogen) atoms. The molecule has 0 unspecified atom stereocenters. The number of fused-ring (bicyclic) bond motifs is 1. The first-order valence-electron chi connectivity index (χ1n) is 12.0. The maximum atomic E-state index is 2.36. The smallest absolute Gasteiger partial charge is 0.00999 e. The van der Waals surface area contributed by atoms with E-state index in [-0.39, 0.29) is 0 Å². The van der Waals surface area contributed by atoms with Crippen molar-refractivity contribution in [1.29, 1.82) is 0 Å². The highest BCUT2D eigenvalue weighted by Crippen LogP contribution is 2.38. The predicted octanol–water partition coefficient (Wildman–Crippen LogP) is 8.85. The molecule has 4 aromatic rings.